The molecule has 0 aliphatic carbocycles. The highest BCUT2D eigenvalue weighted by Gasteiger charge is 2.23. The summed E-state index contributed by atoms with van der Waals surface area (Å²) in [5, 5.41) is 0. The molecule has 88 valence electrons. The number of fused-ring (bicyclic) bond motifs is 1. The second kappa shape index (κ2) is 4.37. The van der Waals surface area contributed by atoms with Gasteiger partial charge in [-0.1, -0.05) is 30.3 Å². The molecular weight excluding hydrogens is 252 g/mol. The van der Waals surface area contributed by atoms with Gasteiger partial charge in [-0.3, -0.25) is 4.18 Å². The standard InChI is InChI=1S/C13H12O2S2/c1-9-11-7-15-17(14)8-12(11)13(16-9)10-5-3-2-4-6-10/h2-6H,7-8H2,1H3. The lowest BCUT2D eigenvalue weighted by Gasteiger charge is -2.13. The number of hydrogen-bond acceptors (Lipinski definition) is 3. The van der Waals surface area contributed by atoms with Crippen LogP contribution in [0.3, 0.4) is 0 Å². The topological polar surface area (TPSA) is 26.3 Å². The van der Waals surface area contributed by atoms with Gasteiger partial charge in [0.05, 0.1) is 12.4 Å². The maximum absolute atomic E-state index is 11.5. The molecule has 1 aromatic carbocycles. The van der Waals surface area contributed by atoms with E-state index in [1.165, 1.54) is 26.4 Å². The number of aryl methyl sites for hydroxylation is 1. The molecule has 2 heterocycles. The predicted octanol–water partition coefficient (Wildman–Crippen LogP) is 3.42. The van der Waals surface area contributed by atoms with Crippen molar-refractivity contribution in [3.63, 3.8) is 0 Å². The van der Waals surface area contributed by atoms with Crippen LogP contribution in [0.15, 0.2) is 30.3 Å². The fraction of sp³-hybridized carbons (Fsp3) is 0.231. The van der Waals surface area contributed by atoms with Crippen LogP contribution < -0.4 is 0 Å². The molecule has 2 aromatic rings. The van der Waals surface area contributed by atoms with Crippen LogP contribution in [-0.4, -0.2) is 4.21 Å². The van der Waals surface area contributed by atoms with Gasteiger partial charge in [0.25, 0.3) is 0 Å². The smallest absolute Gasteiger partial charge is 0.160 e. The molecule has 0 saturated carbocycles. The van der Waals surface area contributed by atoms with E-state index in [9.17, 15) is 4.21 Å². The van der Waals surface area contributed by atoms with Crippen molar-refractivity contribution in [2.75, 3.05) is 0 Å². The molecule has 4 heteroatoms. The zero-order valence-electron chi connectivity index (χ0n) is 9.43. The Morgan fingerprint density at radius 1 is 1.24 bits per heavy atom. The third-order valence-corrected chi connectivity index (χ3v) is 5.10. The van der Waals surface area contributed by atoms with E-state index >= 15 is 0 Å². The molecule has 0 radical (unpaired) electrons. The fourth-order valence-corrected chi connectivity index (χ4v) is 4.24. The lowest BCUT2D eigenvalue weighted by molar-refractivity contribution is 0.328. The Kier molecular flexibility index (Phi) is 2.86. The lowest BCUT2D eigenvalue weighted by atomic mass is 10.1. The van der Waals surface area contributed by atoms with Gasteiger partial charge in [-0.15, -0.1) is 11.3 Å². The van der Waals surface area contributed by atoms with Crippen molar-refractivity contribution < 1.29 is 8.39 Å². The van der Waals surface area contributed by atoms with Crippen LogP contribution in [0.4, 0.5) is 0 Å². The summed E-state index contributed by atoms with van der Waals surface area (Å²) in [6, 6.07) is 10.3. The van der Waals surface area contributed by atoms with Gasteiger partial charge in [0, 0.05) is 9.75 Å². The molecule has 2 nitrogen and oxygen atoms in total. The van der Waals surface area contributed by atoms with E-state index in [4.69, 9.17) is 4.18 Å². The van der Waals surface area contributed by atoms with Crippen LogP contribution in [0.25, 0.3) is 10.4 Å². The van der Waals surface area contributed by atoms with Crippen molar-refractivity contribution in [3.8, 4) is 10.4 Å². The van der Waals surface area contributed by atoms with E-state index < -0.39 is 11.1 Å². The molecule has 1 aliphatic rings. The van der Waals surface area contributed by atoms with Gasteiger partial charge >= 0.3 is 0 Å². The Bertz CT molecular complexity index is 573. The third kappa shape index (κ3) is 1.97. The number of benzene rings is 1. The van der Waals surface area contributed by atoms with Crippen LogP contribution in [0.1, 0.15) is 16.0 Å². The normalized spacial score (nSPS) is 19.0. The first-order valence-electron chi connectivity index (χ1n) is 5.44. The molecule has 1 aromatic heterocycles. The quantitative estimate of drug-likeness (QED) is 0.789. The zero-order chi connectivity index (χ0) is 11.8. The Morgan fingerprint density at radius 2 is 2.00 bits per heavy atom. The molecule has 1 aliphatic heterocycles. The second-order valence-corrected chi connectivity index (χ2v) is 6.38. The summed E-state index contributed by atoms with van der Waals surface area (Å²) in [6.07, 6.45) is 0. The van der Waals surface area contributed by atoms with E-state index in [0.717, 1.165) is 0 Å². The van der Waals surface area contributed by atoms with Crippen molar-refractivity contribution in [1.82, 2.24) is 0 Å². The van der Waals surface area contributed by atoms with Gasteiger partial charge in [-0.05, 0) is 23.6 Å². The summed E-state index contributed by atoms with van der Waals surface area (Å²) < 4.78 is 16.7. The number of rotatable bonds is 1. The molecule has 0 N–H and O–H groups in total. The monoisotopic (exact) mass is 264 g/mol. The van der Waals surface area contributed by atoms with Gasteiger partial charge in [0.15, 0.2) is 11.1 Å². The average molecular weight is 264 g/mol. The van der Waals surface area contributed by atoms with Crippen LogP contribution in [0, 0.1) is 6.92 Å². The summed E-state index contributed by atoms with van der Waals surface area (Å²) in [5.41, 5.74) is 3.65. The maximum Gasteiger partial charge on any atom is 0.160 e. The Morgan fingerprint density at radius 3 is 2.76 bits per heavy atom. The van der Waals surface area contributed by atoms with Crippen LogP contribution in [0.5, 0.6) is 0 Å². The molecule has 0 spiro atoms. The highest BCUT2D eigenvalue weighted by atomic mass is 32.2. The molecule has 17 heavy (non-hydrogen) atoms. The molecule has 0 fully saturated rings. The largest absolute Gasteiger partial charge is 0.285 e. The minimum atomic E-state index is -1.17. The summed E-state index contributed by atoms with van der Waals surface area (Å²) in [7, 11) is 0. The Labute approximate surface area is 107 Å². The fourth-order valence-electron chi connectivity index (χ4n) is 2.07. The van der Waals surface area contributed by atoms with Crippen LogP contribution >= 0.6 is 11.3 Å². The minimum Gasteiger partial charge on any atom is -0.285 e. The highest BCUT2D eigenvalue weighted by Crippen LogP contribution is 2.39. The van der Waals surface area contributed by atoms with E-state index in [2.05, 4.69) is 19.1 Å². The maximum atomic E-state index is 11.5. The van der Waals surface area contributed by atoms with Gasteiger partial charge in [0.1, 0.15) is 0 Å². The second-order valence-electron chi connectivity index (χ2n) is 4.02. The summed E-state index contributed by atoms with van der Waals surface area (Å²) in [5.74, 6) is 0.518. The molecule has 0 bridgehead atoms. The van der Waals surface area contributed by atoms with Crippen molar-refractivity contribution in [3.05, 3.63) is 46.3 Å². The molecular formula is C13H12O2S2. The van der Waals surface area contributed by atoms with Gasteiger partial charge in [0.2, 0.25) is 0 Å². The Balaban J connectivity index is 2.16. The van der Waals surface area contributed by atoms with Gasteiger partial charge in [-0.25, -0.2) is 4.21 Å². The highest BCUT2D eigenvalue weighted by molar-refractivity contribution is 7.79. The van der Waals surface area contributed by atoms with E-state index in [1.807, 2.05) is 18.2 Å². The Hall–Kier alpha value is -0.970. The SMILES string of the molecule is Cc1sc(-c2ccccc2)c2c1COS(=O)C2. The van der Waals surface area contributed by atoms with E-state index in [1.54, 1.807) is 11.3 Å². The predicted molar refractivity (Wildman–Crippen MR) is 71.1 cm³/mol. The minimum absolute atomic E-state index is 0.483. The first kappa shape index (κ1) is 11.1. The number of hydrogen-bond donors (Lipinski definition) is 0. The molecule has 0 amide bonds. The molecule has 0 saturated heterocycles. The van der Waals surface area contributed by atoms with Crippen LogP contribution in [-0.2, 0) is 27.6 Å². The number of thiophene rings is 1. The van der Waals surface area contributed by atoms with Gasteiger partial charge in [-0.2, -0.15) is 0 Å². The van der Waals surface area contributed by atoms with Crippen molar-refractivity contribution in [2.24, 2.45) is 0 Å². The van der Waals surface area contributed by atoms with Crippen molar-refractivity contribution in [1.29, 1.82) is 0 Å². The van der Waals surface area contributed by atoms with E-state index in [-0.39, 0.29) is 0 Å². The first-order valence-corrected chi connectivity index (χ1v) is 7.50. The average Bonchev–Trinajstić information content (AvgIpc) is 2.67. The van der Waals surface area contributed by atoms with Crippen LogP contribution in [0.2, 0.25) is 0 Å². The summed E-state index contributed by atoms with van der Waals surface area (Å²) >= 11 is 0.605. The molecule has 1 atom stereocenters. The molecule has 1 unspecified atom stereocenters. The molecule has 3 rings (SSSR count). The zero-order valence-corrected chi connectivity index (χ0v) is 11.1. The lowest BCUT2D eigenvalue weighted by Crippen LogP contribution is -2.10. The third-order valence-electron chi connectivity index (χ3n) is 2.95. The van der Waals surface area contributed by atoms with Crippen molar-refractivity contribution >= 4 is 22.4 Å². The summed E-state index contributed by atoms with van der Waals surface area (Å²) in [4.78, 5) is 2.52. The van der Waals surface area contributed by atoms with Crippen molar-refractivity contribution in [2.45, 2.75) is 19.3 Å². The van der Waals surface area contributed by atoms with E-state index in [0.29, 0.717) is 12.4 Å². The first-order chi connectivity index (χ1) is 8.25. The summed E-state index contributed by atoms with van der Waals surface area (Å²) in [6.45, 7) is 2.59. The van der Waals surface area contributed by atoms with Gasteiger partial charge < -0.3 is 0 Å².